The Kier molecular flexibility index (Phi) is 8.44. The van der Waals surface area contributed by atoms with Gasteiger partial charge in [0.15, 0.2) is 0 Å². The van der Waals surface area contributed by atoms with Gasteiger partial charge in [0.1, 0.15) is 5.01 Å². The number of thiazole rings is 1. The Labute approximate surface area is 205 Å². The van der Waals surface area contributed by atoms with Gasteiger partial charge in [-0.3, -0.25) is 14.5 Å². The summed E-state index contributed by atoms with van der Waals surface area (Å²) in [5, 5.41) is 3.98. The van der Waals surface area contributed by atoms with Crippen molar-refractivity contribution in [1.29, 1.82) is 0 Å². The van der Waals surface area contributed by atoms with Gasteiger partial charge in [-0.05, 0) is 25.3 Å². The van der Waals surface area contributed by atoms with Crippen molar-refractivity contribution in [3.8, 4) is 10.6 Å². The molecule has 0 spiro atoms. The van der Waals surface area contributed by atoms with Crippen molar-refractivity contribution in [3.63, 3.8) is 0 Å². The van der Waals surface area contributed by atoms with Crippen LogP contribution in [0.3, 0.4) is 0 Å². The van der Waals surface area contributed by atoms with E-state index in [0.29, 0.717) is 32.6 Å². The van der Waals surface area contributed by atoms with Gasteiger partial charge in [0, 0.05) is 43.2 Å². The lowest BCUT2D eigenvalue weighted by Gasteiger charge is -2.21. The molecule has 6 nitrogen and oxygen atoms in total. The van der Waals surface area contributed by atoms with Crippen molar-refractivity contribution in [2.45, 2.75) is 26.2 Å². The third kappa shape index (κ3) is 6.74. The van der Waals surface area contributed by atoms with E-state index >= 15 is 0 Å². The summed E-state index contributed by atoms with van der Waals surface area (Å²) in [5.41, 5.74) is 3.17. The van der Waals surface area contributed by atoms with Gasteiger partial charge >= 0.3 is 0 Å². The summed E-state index contributed by atoms with van der Waals surface area (Å²) in [5.74, 6) is 0.157. The smallest absolute Gasteiger partial charge is 0.234 e. The van der Waals surface area contributed by atoms with E-state index in [2.05, 4.69) is 22.3 Å². The van der Waals surface area contributed by atoms with E-state index in [1.807, 2.05) is 60.4 Å². The molecule has 1 aromatic heterocycles. The molecule has 1 aliphatic heterocycles. The number of benzene rings is 2. The van der Waals surface area contributed by atoms with Crippen molar-refractivity contribution in [1.82, 2.24) is 20.1 Å². The molecular formula is C27H32N4O2S. The maximum Gasteiger partial charge on any atom is 0.234 e. The Morgan fingerprint density at radius 1 is 0.971 bits per heavy atom. The zero-order valence-electron chi connectivity index (χ0n) is 19.7. The van der Waals surface area contributed by atoms with Crippen LogP contribution in [-0.4, -0.2) is 65.9 Å². The van der Waals surface area contributed by atoms with Crippen LogP contribution in [0.5, 0.6) is 0 Å². The highest BCUT2D eigenvalue weighted by molar-refractivity contribution is 7.15. The van der Waals surface area contributed by atoms with Gasteiger partial charge in [-0.15, -0.1) is 11.3 Å². The topological polar surface area (TPSA) is 65.5 Å². The Morgan fingerprint density at radius 2 is 1.71 bits per heavy atom. The number of hydrogen-bond donors (Lipinski definition) is 1. The molecule has 34 heavy (non-hydrogen) atoms. The summed E-state index contributed by atoms with van der Waals surface area (Å²) >= 11 is 1.64. The van der Waals surface area contributed by atoms with Crippen LogP contribution in [0.1, 0.15) is 22.6 Å². The number of nitrogens with one attached hydrogen (secondary N) is 1. The van der Waals surface area contributed by atoms with Crippen molar-refractivity contribution >= 4 is 23.2 Å². The highest BCUT2D eigenvalue weighted by Crippen LogP contribution is 2.28. The first-order chi connectivity index (χ1) is 16.6. The van der Waals surface area contributed by atoms with E-state index in [-0.39, 0.29) is 11.8 Å². The fraction of sp³-hybridized carbons (Fsp3) is 0.370. The second-order valence-electron chi connectivity index (χ2n) is 8.66. The molecular weight excluding hydrogens is 444 g/mol. The van der Waals surface area contributed by atoms with E-state index in [9.17, 15) is 9.59 Å². The molecule has 2 heterocycles. The predicted octanol–water partition coefficient (Wildman–Crippen LogP) is 3.55. The van der Waals surface area contributed by atoms with Crippen LogP contribution in [0.4, 0.5) is 0 Å². The lowest BCUT2D eigenvalue weighted by atomic mass is 10.1. The zero-order chi connectivity index (χ0) is 23.8. The van der Waals surface area contributed by atoms with Crippen LogP contribution in [0.25, 0.3) is 10.6 Å². The fourth-order valence-electron chi connectivity index (χ4n) is 4.18. The number of rotatable bonds is 8. The maximum absolute atomic E-state index is 13.0. The molecule has 1 N–H and O–H groups in total. The third-order valence-electron chi connectivity index (χ3n) is 6.12. The number of carbonyl (C=O) groups is 2. The maximum atomic E-state index is 13.0. The third-order valence-corrected chi connectivity index (χ3v) is 7.18. The van der Waals surface area contributed by atoms with Gasteiger partial charge in [0.2, 0.25) is 11.8 Å². The highest BCUT2D eigenvalue weighted by Gasteiger charge is 2.22. The second-order valence-corrected chi connectivity index (χ2v) is 9.86. The zero-order valence-corrected chi connectivity index (χ0v) is 20.5. The van der Waals surface area contributed by atoms with Crippen molar-refractivity contribution in [3.05, 3.63) is 76.8 Å². The van der Waals surface area contributed by atoms with Crippen molar-refractivity contribution in [2.24, 2.45) is 0 Å². The number of hydrogen-bond acceptors (Lipinski definition) is 5. The average molecular weight is 477 g/mol. The fourth-order valence-corrected chi connectivity index (χ4v) is 5.12. The van der Waals surface area contributed by atoms with E-state index < -0.39 is 0 Å². The predicted molar refractivity (Wildman–Crippen MR) is 137 cm³/mol. The van der Waals surface area contributed by atoms with Crippen molar-refractivity contribution < 1.29 is 9.59 Å². The molecule has 3 aromatic rings. The summed E-state index contributed by atoms with van der Waals surface area (Å²) < 4.78 is 0. The Balaban J connectivity index is 1.23. The molecule has 2 amide bonds. The standard InChI is InChI=1S/C27H32N4O2S/c1-21-24(29-27(34-21)23-11-6-3-7-12-23)19-26(33)31-16-8-15-30(17-18-31)20-25(32)28-14-13-22-9-4-2-5-10-22/h2-7,9-12H,8,13-20H2,1H3,(H,28,32). The number of amides is 2. The molecule has 2 aromatic carbocycles. The minimum absolute atomic E-state index is 0.0437. The molecule has 1 saturated heterocycles. The number of nitrogens with zero attached hydrogens (tertiary/aromatic N) is 3. The summed E-state index contributed by atoms with van der Waals surface area (Å²) in [4.78, 5) is 35.3. The SMILES string of the molecule is Cc1sc(-c2ccccc2)nc1CC(=O)N1CCCN(CC(=O)NCCc2ccccc2)CC1. The number of aromatic nitrogens is 1. The lowest BCUT2D eigenvalue weighted by Crippen LogP contribution is -2.40. The first-order valence-corrected chi connectivity index (χ1v) is 12.7. The van der Waals surface area contributed by atoms with E-state index in [0.717, 1.165) is 47.1 Å². The average Bonchev–Trinajstić information content (AvgIpc) is 3.06. The summed E-state index contributed by atoms with van der Waals surface area (Å²) in [7, 11) is 0. The Bertz CT molecular complexity index is 1080. The van der Waals surface area contributed by atoms with Gasteiger partial charge < -0.3 is 10.2 Å². The van der Waals surface area contributed by atoms with Crippen LogP contribution in [0, 0.1) is 6.92 Å². The monoisotopic (exact) mass is 476 g/mol. The van der Waals surface area contributed by atoms with Gasteiger partial charge in [0.05, 0.1) is 18.7 Å². The van der Waals surface area contributed by atoms with E-state index in [4.69, 9.17) is 4.98 Å². The number of aryl methyl sites for hydroxylation is 1. The molecule has 178 valence electrons. The molecule has 1 fully saturated rings. The van der Waals surface area contributed by atoms with Crippen LogP contribution in [0.15, 0.2) is 60.7 Å². The summed E-state index contributed by atoms with van der Waals surface area (Å²) in [6, 6.07) is 20.3. The lowest BCUT2D eigenvalue weighted by molar-refractivity contribution is -0.130. The Morgan fingerprint density at radius 3 is 2.47 bits per heavy atom. The van der Waals surface area contributed by atoms with Crippen LogP contribution in [0.2, 0.25) is 0 Å². The molecule has 0 aliphatic carbocycles. The normalized spacial score (nSPS) is 14.6. The molecule has 0 bridgehead atoms. The Hall–Kier alpha value is -3.03. The van der Waals surface area contributed by atoms with E-state index in [1.165, 1.54) is 5.56 Å². The minimum atomic E-state index is 0.0437. The highest BCUT2D eigenvalue weighted by atomic mass is 32.1. The van der Waals surface area contributed by atoms with Gasteiger partial charge in [-0.25, -0.2) is 4.98 Å². The van der Waals surface area contributed by atoms with Crippen LogP contribution in [-0.2, 0) is 22.4 Å². The van der Waals surface area contributed by atoms with Gasteiger partial charge in [0.25, 0.3) is 0 Å². The quantitative estimate of drug-likeness (QED) is 0.540. The first-order valence-electron chi connectivity index (χ1n) is 11.9. The molecule has 0 unspecified atom stereocenters. The van der Waals surface area contributed by atoms with Crippen molar-refractivity contribution in [2.75, 3.05) is 39.3 Å². The van der Waals surface area contributed by atoms with Gasteiger partial charge in [-0.2, -0.15) is 0 Å². The summed E-state index contributed by atoms with van der Waals surface area (Å²) in [6.45, 7) is 5.95. The molecule has 0 atom stereocenters. The second kappa shape index (κ2) is 11.9. The molecule has 7 heteroatoms. The minimum Gasteiger partial charge on any atom is -0.355 e. The first kappa shape index (κ1) is 24.1. The summed E-state index contributed by atoms with van der Waals surface area (Å²) in [6.07, 6.45) is 2.03. The largest absolute Gasteiger partial charge is 0.355 e. The molecule has 0 saturated carbocycles. The number of carbonyl (C=O) groups excluding carboxylic acids is 2. The molecule has 0 radical (unpaired) electrons. The molecule has 1 aliphatic rings. The van der Waals surface area contributed by atoms with Gasteiger partial charge in [-0.1, -0.05) is 60.7 Å². The molecule has 4 rings (SSSR count). The van der Waals surface area contributed by atoms with Crippen LogP contribution >= 0.6 is 11.3 Å². The van der Waals surface area contributed by atoms with E-state index in [1.54, 1.807) is 11.3 Å². The van der Waals surface area contributed by atoms with Crippen LogP contribution < -0.4 is 5.32 Å².